The molecule has 0 saturated carbocycles. The zero-order valence-electron chi connectivity index (χ0n) is 8.86. The lowest BCUT2D eigenvalue weighted by molar-refractivity contribution is 0.0169. The first-order chi connectivity index (χ1) is 7.20. The standard InChI is InChI=1S/C12H17BrO2/c1-2-9-5-3-4-6-10(9)12(15)11(14)7-8-13/h3-6,11-12,14-15H,2,7-8H2,1H3. The zero-order chi connectivity index (χ0) is 11.3. The molecule has 1 rings (SSSR count). The number of aliphatic hydroxyl groups is 2. The highest BCUT2D eigenvalue weighted by atomic mass is 79.9. The van der Waals surface area contributed by atoms with Crippen LogP contribution in [0.5, 0.6) is 0 Å². The third kappa shape index (κ3) is 3.30. The van der Waals surface area contributed by atoms with Gasteiger partial charge in [-0.1, -0.05) is 47.1 Å². The van der Waals surface area contributed by atoms with Gasteiger partial charge < -0.3 is 10.2 Å². The SMILES string of the molecule is CCc1ccccc1C(O)C(O)CCBr. The number of halogens is 1. The van der Waals surface area contributed by atoms with Crippen molar-refractivity contribution in [3.63, 3.8) is 0 Å². The van der Waals surface area contributed by atoms with Gasteiger partial charge >= 0.3 is 0 Å². The van der Waals surface area contributed by atoms with Crippen LogP contribution in [0.25, 0.3) is 0 Å². The minimum absolute atomic E-state index is 0.555. The van der Waals surface area contributed by atoms with Gasteiger partial charge in [0.15, 0.2) is 0 Å². The molecule has 0 aromatic heterocycles. The largest absolute Gasteiger partial charge is 0.390 e. The third-order valence-electron chi connectivity index (χ3n) is 2.52. The van der Waals surface area contributed by atoms with E-state index in [0.29, 0.717) is 11.8 Å². The molecule has 2 atom stereocenters. The Bertz CT molecular complexity index is 301. The van der Waals surface area contributed by atoms with E-state index in [9.17, 15) is 10.2 Å². The molecule has 84 valence electrons. The van der Waals surface area contributed by atoms with Crippen LogP contribution in [0.4, 0.5) is 0 Å². The smallest absolute Gasteiger partial charge is 0.105 e. The molecule has 0 radical (unpaired) electrons. The number of aryl methyl sites for hydroxylation is 1. The number of aliphatic hydroxyl groups excluding tert-OH is 2. The maximum Gasteiger partial charge on any atom is 0.105 e. The molecule has 2 nitrogen and oxygen atoms in total. The molecule has 2 N–H and O–H groups in total. The molecule has 3 heteroatoms. The second kappa shape index (κ2) is 6.26. The first-order valence-electron chi connectivity index (χ1n) is 5.20. The van der Waals surface area contributed by atoms with Gasteiger partial charge in [-0.3, -0.25) is 0 Å². The van der Waals surface area contributed by atoms with Gasteiger partial charge in [-0.2, -0.15) is 0 Å². The fourth-order valence-electron chi connectivity index (χ4n) is 1.62. The Morgan fingerprint density at radius 2 is 1.93 bits per heavy atom. The summed E-state index contributed by atoms with van der Waals surface area (Å²) < 4.78 is 0. The Morgan fingerprint density at radius 3 is 2.53 bits per heavy atom. The molecule has 0 spiro atoms. The Hall–Kier alpha value is -0.380. The van der Waals surface area contributed by atoms with E-state index in [1.54, 1.807) is 0 Å². The molecular weight excluding hydrogens is 256 g/mol. The predicted molar refractivity (Wildman–Crippen MR) is 65.2 cm³/mol. The van der Waals surface area contributed by atoms with E-state index in [1.165, 1.54) is 0 Å². The summed E-state index contributed by atoms with van der Waals surface area (Å²) in [7, 11) is 0. The van der Waals surface area contributed by atoms with Crippen LogP contribution in [0.2, 0.25) is 0 Å². The van der Waals surface area contributed by atoms with E-state index >= 15 is 0 Å². The van der Waals surface area contributed by atoms with Gasteiger partial charge in [0.25, 0.3) is 0 Å². The van der Waals surface area contributed by atoms with Crippen LogP contribution in [-0.2, 0) is 6.42 Å². The van der Waals surface area contributed by atoms with Crippen molar-refractivity contribution in [3.05, 3.63) is 35.4 Å². The molecule has 0 aliphatic rings. The number of hydrogen-bond acceptors (Lipinski definition) is 2. The molecule has 0 fully saturated rings. The lowest BCUT2D eigenvalue weighted by Crippen LogP contribution is -2.19. The predicted octanol–water partition coefficient (Wildman–Crippen LogP) is 2.43. The van der Waals surface area contributed by atoms with E-state index in [4.69, 9.17) is 0 Å². The minimum atomic E-state index is -0.779. The van der Waals surface area contributed by atoms with Crippen molar-refractivity contribution in [3.8, 4) is 0 Å². The maximum absolute atomic E-state index is 9.96. The van der Waals surface area contributed by atoms with Crippen LogP contribution in [0.15, 0.2) is 24.3 Å². The average molecular weight is 273 g/mol. The Kier molecular flexibility index (Phi) is 5.29. The number of benzene rings is 1. The Balaban J connectivity index is 2.84. The summed E-state index contributed by atoms with van der Waals surface area (Å²) in [6.45, 7) is 2.04. The van der Waals surface area contributed by atoms with Crippen molar-refractivity contribution in [2.24, 2.45) is 0 Å². The quantitative estimate of drug-likeness (QED) is 0.809. The van der Waals surface area contributed by atoms with Crippen LogP contribution in [0, 0.1) is 0 Å². The zero-order valence-corrected chi connectivity index (χ0v) is 10.4. The third-order valence-corrected chi connectivity index (χ3v) is 2.98. The van der Waals surface area contributed by atoms with Crippen LogP contribution in [0.3, 0.4) is 0 Å². The van der Waals surface area contributed by atoms with E-state index in [0.717, 1.165) is 17.5 Å². The average Bonchev–Trinajstić information content (AvgIpc) is 2.28. The molecular formula is C12H17BrO2. The molecule has 1 aromatic rings. The van der Waals surface area contributed by atoms with Gasteiger partial charge in [-0.25, -0.2) is 0 Å². The van der Waals surface area contributed by atoms with Crippen LogP contribution in [-0.4, -0.2) is 21.6 Å². The molecule has 15 heavy (non-hydrogen) atoms. The summed E-state index contributed by atoms with van der Waals surface area (Å²) >= 11 is 3.26. The normalized spacial score (nSPS) is 14.9. The Labute approximate surface area is 99.1 Å². The van der Waals surface area contributed by atoms with Crippen LogP contribution >= 0.6 is 15.9 Å². The molecule has 0 aliphatic carbocycles. The van der Waals surface area contributed by atoms with Gasteiger partial charge in [0.05, 0.1) is 6.10 Å². The highest BCUT2D eigenvalue weighted by Crippen LogP contribution is 2.23. The maximum atomic E-state index is 9.96. The van der Waals surface area contributed by atoms with Crippen molar-refractivity contribution in [2.45, 2.75) is 32.0 Å². The van der Waals surface area contributed by atoms with Gasteiger partial charge in [-0.05, 0) is 24.0 Å². The van der Waals surface area contributed by atoms with Crippen molar-refractivity contribution in [2.75, 3.05) is 5.33 Å². The van der Waals surface area contributed by atoms with E-state index < -0.39 is 12.2 Å². The fraction of sp³-hybridized carbons (Fsp3) is 0.500. The molecule has 0 aliphatic heterocycles. The van der Waals surface area contributed by atoms with Crippen LogP contribution < -0.4 is 0 Å². The van der Waals surface area contributed by atoms with Crippen LogP contribution in [0.1, 0.15) is 30.6 Å². The summed E-state index contributed by atoms with van der Waals surface area (Å²) in [5.41, 5.74) is 1.94. The minimum Gasteiger partial charge on any atom is -0.390 e. The highest BCUT2D eigenvalue weighted by molar-refractivity contribution is 9.09. The molecule has 0 amide bonds. The topological polar surface area (TPSA) is 40.5 Å². The molecule has 0 bridgehead atoms. The number of rotatable bonds is 5. The first kappa shape index (κ1) is 12.7. The van der Waals surface area contributed by atoms with Crippen molar-refractivity contribution in [1.82, 2.24) is 0 Å². The summed E-state index contributed by atoms with van der Waals surface area (Å²) in [6, 6.07) is 7.70. The lowest BCUT2D eigenvalue weighted by Gasteiger charge is -2.19. The number of alkyl halides is 1. The monoisotopic (exact) mass is 272 g/mol. The second-order valence-corrected chi connectivity index (χ2v) is 4.34. The van der Waals surface area contributed by atoms with Gasteiger partial charge in [0, 0.05) is 5.33 Å². The Morgan fingerprint density at radius 1 is 1.27 bits per heavy atom. The fourth-order valence-corrected chi connectivity index (χ4v) is 2.09. The highest BCUT2D eigenvalue weighted by Gasteiger charge is 2.19. The summed E-state index contributed by atoms with van der Waals surface area (Å²) in [5.74, 6) is 0. The second-order valence-electron chi connectivity index (χ2n) is 3.54. The molecule has 2 unspecified atom stereocenters. The lowest BCUT2D eigenvalue weighted by atomic mass is 9.96. The molecule has 0 saturated heterocycles. The number of hydrogen-bond donors (Lipinski definition) is 2. The summed E-state index contributed by atoms with van der Waals surface area (Å²) in [4.78, 5) is 0. The van der Waals surface area contributed by atoms with E-state index in [2.05, 4.69) is 15.9 Å². The van der Waals surface area contributed by atoms with E-state index in [1.807, 2.05) is 31.2 Å². The van der Waals surface area contributed by atoms with Crippen molar-refractivity contribution >= 4 is 15.9 Å². The van der Waals surface area contributed by atoms with Crippen molar-refractivity contribution < 1.29 is 10.2 Å². The molecule has 1 aromatic carbocycles. The first-order valence-corrected chi connectivity index (χ1v) is 6.32. The van der Waals surface area contributed by atoms with Gasteiger partial charge in [0.2, 0.25) is 0 Å². The summed E-state index contributed by atoms with van der Waals surface area (Å²) in [5, 5.41) is 20.4. The van der Waals surface area contributed by atoms with Gasteiger partial charge in [0.1, 0.15) is 6.10 Å². The summed E-state index contributed by atoms with van der Waals surface area (Å²) in [6.07, 6.45) is -0.0520. The molecule has 0 heterocycles. The van der Waals surface area contributed by atoms with Crippen molar-refractivity contribution in [1.29, 1.82) is 0 Å². The van der Waals surface area contributed by atoms with E-state index in [-0.39, 0.29) is 0 Å². The van der Waals surface area contributed by atoms with Gasteiger partial charge in [-0.15, -0.1) is 0 Å².